The van der Waals surface area contributed by atoms with Crippen molar-refractivity contribution in [3.05, 3.63) is 29.3 Å². The summed E-state index contributed by atoms with van der Waals surface area (Å²) in [6, 6.07) is 6.36. The number of benzene rings is 1. The SMILES string of the molecule is Clc1ccccc1S(Cl)(Cl)(Cl)(Cl)Cl. The predicted octanol–water partition coefficient (Wildman–Crippen LogP) is 6.34. The smallest absolute Gasteiger partial charge is 0.0565 e. The minimum atomic E-state index is -4.75. The van der Waals surface area contributed by atoms with Crippen LogP contribution in [0.25, 0.3) is 0 Å². The minimum absolute atomic E-state index is 0.123. The van der Waals surface area contributed by atoms with E-state index in [9.17, 15) is 0 Å². The van der Waals surface area contributed by atoms with Gasteiger partial charge in [-0.2, -0.15) is 0 Å². The number of halogens is 6. The monoisotopic (exact) mass is 318 g/mol. The first-order valence-electron chi connectivity index (χ1n) is 2.99. The zero-order valence-electron chi connectivity index (χ0n) is 5.99. The summed E-state index contributed by atoms with van der Waals surface area (Å²) in [7, 11) is 28.8. The van der Waals surface area contributed by atoms with Crippen molar-refractivity contribution in [3.8, 4) is 0 Å². The summed E-state index contributed by atoms with van der Waals surface area (Å²) in [6.45, 7) is 0. The number of rotatable bonds is 1. The van der Waals surface area contributed by atoms with Gasteiger partial charge in [-0.25, -0.2) is 0 Å². The van der Waals surface area contributed by atoms with Crippen LogP contribution in [0.15, 0.2) is 29.2 Å². The summed E-state index contributed by atoms with van der Waals surface area (Å²) in [5, 5.41) is 0.231. The molecule has 0 bridgehead atoms. The molecule has 0 radical (unpaired) electrons. The minimum Gasteiger partial charge on any atom is -0.0830 e. The molecule has 0 aromatic heterocycles. The van der Waals surface area contributed by atoms with E-state index in [0.717, 1.165) is 0 Å². The summed E-state index contributed by atoms with van der Waals surface area (Å²) in [5.74, 6) is 0. The molecule has 0 saturated heterocycles. The van der Waals surface area contributed by atoms with Crippen LogP contribution in [0, 0.1) is 0 Å². The van der Waals surface area contributed by atoms with Gasteiger partial charge in [0, 0.05) is 4.36 Å². The van der Waals surface area contributed by atoms with Crippen molar-refractivity contribution in [3.63, 3.8) is 0 Å². The number of hydrogen-bond donors (Lipinski definition) is 0. The first kappa shape index (κ1) is 12.4. The van der Waals surface area contributed by atoms with Crippen molar-refractivity contribution in [1.82, 2.24) is 0 Å². The lowest BCUT2D eigenvalue weighted by Gasteiger charge is -2.50. The second-order valence-electron chi connectivity index (χ2n) is 2.40. The lowest BCUT2D eigenvalue weighted by Crippen LogP contribution is -1.98. The van der Waals surface area contributed by atoms with E-state index in [4.69, 9.17) is 65.0 Å². The van der Waals surface area contributed by atoms with E-state index in [1.807, 2.05) is 0 Å². The fourth-order valence-corrected chi connectivity index (χ4v) is 4.85. The van der Waals surface area contributed by atoms with Crippen molar-refractivity contribution in [2.75, 3.05) is 0 Å². The molecule has 0 aliphatic carbocycles. The highest BCUT2D eigenvalue weighted by atomic mass is 36.6. The summed E-state index contributed by atoms with van der Waals surface area (Å²) >= 11 is 5.80. The van der Waals surface area contributed by atoms with E-state index in [2.05, 4.69) is 0 Å². The maximum Gasteiger partial charge on any atom is 0.0565 e. The Labute approximate surface area is 103 Å². The fraction of sp³-hybridized carbons (Fsp3) is 0. The highest BCUT2D eigenvalue weighted by molar-refractivity contribution is 9.23. The van der Waals surface area contributed by atoms with Crippen molar-refractivity contribution in [1.29, 1.82) is 0 Å². The normalized spacial score (nSPS) is 17.7. The van der Waals surface area contributed by atoms with Crippen LogP contribution in [0.1, 0.15) is 0 Å². The van der Waals surface area contributed by atoms with Crippen LogP contribution < -0.4 is 0 Å². The topological polar surface area (TPSA) is 0 Å². The molecule has 0 atom stereocenters. The van der Waals surface area contributed by atoms with Gasteiger partial charge in [-0.15, -0.1) is 0 Å². The van der Waals surface area contributed by atoms with E-state index < -0.39 is 4.36 Å². The molecule has 1 rings (SSSR count). The fourth-order valence-electron chi connectivity index (χ4n) is 0.758. The Balaban J connectivity index is 3.50. The Morgan fingerprint density at radius 1 is 0.846 bits per heavy atom. The largest absolute Gasteiger partial charge is 0.0830 e. The Morgan fingerprint density at radius 3 is 1.62 bits per heavy atom. The van der Waals surface area contributed by atoms with E-state index in [0.29, 0.717) is 0 Å². The van der Waals surface area contributed by atoms with Gasteiger partial charge in [0.25, 0.3) is 0 Å². The summed E-state index contributed by atoms with van der Waals surface area (Å²) in [4.78, 5) is 0.123. The molecule has 0 nitrogen and oxygen atoms in total. The molecule has 0 spiro atoms. The molecule has 7 heteroatoms. The molecular formula is C6H4Cl6S. The molecule has 0 amide bonds. The third kappa shape index (κ3) is 3.42. The second kappa shape index (κ2) is 2.91. The maximum atomic E-state index is 5.80. The van der Waals surface area contributed by atoms with Crippen LogP contribution in [-0.2, 0) is 0 Å². The number of hydrogen-bond acceptors (Lipinski definition) is 0. The van der Waals surface area contributed by atoms with Gasteiger partial charge in [-0.3, -0.25) is 0 Å². The van der Waals surface area contributed by atoms with E-state index in [1.54, 1.807) is 18.2 Å². The van der Waals surface area contributed by atoms with Gasteiger partial charge in [0.05, 0.1) is 9.92 Å². The predicted molar refractivity (Wildman–Crippen MR) is 66.6 cm³/mol. The van der Waals surface area contributed by atoms with E-state index >= 15 is 0 Å². The van der Waals surface area contributed by atoms with Crippen LogP contribution >= 0.6 is 69.4 Å². The molecule has 13 heavy (non-hydrogen) atoms. The highest BCUT2D eigenvalue weighted by Crippen LogP contribution is 3.13. The molecule has 0 unspecified atom stereocenters. The Morgan fingerprint density at radius 2 is 1.31 bits per heavy atom. The molecule has 0 saturated carbocycles. The molecule has 1 aromatic carbocycles. The van der Waals surface area contributed by atoms with Gasteiger partial charge < -0.3 is 0 Å². The van der Waals surface area contributed by atoms with Gasteiger partial charge in [0.1, 0.15) is 0 Å². The van der Waals surface area contributed by atoms with Crippen molar-refractivity contribution in [2.24, 2.45) is 0 Å². The molecule has 76 valence electrons. The van der Waals surface area contributed by atoms with Crippen molar-refractivity contribution >= 4 is 69.4 Å². The third-order valence-electron chi connectivity index (χ3n) is 1.25. The standard InChI is InChI=1S/C6H4Cl6S/c7-5-3-1-2-4-6(5)13(8,9,10,11)12/h1-4H. The average molecular weight is 321 g/mol. The van der Waals surface area contributed by atoms with E-state index in [-0.39, 0.29) is 9.92 Å². The highest BCUT2D eigenvalue weighted by Gasteiger charge is 2.55. The molecule has 0 heterocycles. The molecule has 1 aromatic rings. The molecule has 0 fully saturated rings. The van der Waals surface area contributed by atoms with Crippen molar-refractivity contribution < 1.29 is 0 Å². The Kier molecular flexibility index (Phi) is 2.77. The van der Waals surface area contributed by atoms with Gasteiger partial charge in [-0.05, 0) is 65.5 Å². The third-order valence-corrected chi connectivity index (χ3v) is 5.37. The van der Waals surface area contributed by atoms with Crippen LogP contribution in [0.5, 0.6) is 0 Å². The summed E-state index contributed by atoms with van der Waals surface area (Å²) < 4.78 is -4.75. The van der Waals surface area contributed by atoms with Crippen LogP contribution in [0.3, 0.4) is 0 Å². The first-order chi connectivity index (χ1) is 5.50. The zero-order valence-corrected chi connectivity index (χ0v) is 11.3. The van der Waals surface area contributed by atoms with Gasteiger partial charge in [-0.1, -0.05) is 23.7 Å². The van der Waals surface area contributed by atoms with Gasteiger partial charge in [0.2, 0.25) is 0 Å². The van der Waals surface area contributed by atoms with Crippen LogP contribution in [0.4, 0.5) is 0 Å². The summed E-state index contributed by atoms with van der Waals surface area (Å²) in [5.41, 5.74) is 0. The Bertz CT molecular complexity index is 338. The molecular weight excluding hydrogens is 317 g/mol. The van der Waals surface area contributed by atoms with E-state index in [1.165, 1.54) is 6.07 Å². The van der Waals surface area contributed by atoms with Gasteiger partial charge >= 0.3 is 0 Å². The summed E-state index contributed by atoms with van der Waals surface area (Å²) in [6.07, 6.45) is 0. The van der Waals surface area contributed by atoms with Crippen molar-refractivity contribution in [2.45, 2.75) is 4.90 Å². The lowest BCUT2D eigenvalue weighted by molar-refractivity contribution is 1.46. The van der Waals surface area contributed by atoms with Crippen LogP contribution in [0.2, 0.25) is 5.02 Å². The van der Waals surface area contributed by atoms with Gasteiger partial charge in [0.15, 0.2) is 0 Å². The first-order valence-corrected chi connectivity index (χ1v) is 9.95. The Hall–Kier alpha value is 1.31. The molecule has 0 N–H and O–H groups in total. The molecule has 0 aliphatic heterocycles. The van der Waals surface area contributed by atoms with Crippen LogP contribution in [-0.4, -0.2) is 0 Å². The zero-order chi connectivity index (χ0) is 10.4. The quantitative estimate of drug-likeness (QED) is 0.566. The lowest BCUT2D eigenvalue weighted by atomic mass is 10.4. The maximum absolute atomic E-state index is 5.80. The average Bonchev–Trinajstić information content (AvgIpc) is 1.82. The second-order valence-corrected chi connectivity index (χ2v) is 21.5. The molecule has 0 aliphatic rings.